The van der Waals surface area contributed by atoms with Crippen molar-refractivity contribution in [2.24, 2.45) is 0 Å². The maximum absolute atomic E-state index is 11.3. The van der Waals surface area contributed by atoms with Gasteiger partial charge in [0.1, 0.15) is 5.78 Å². The van der Waals surface area contributed by atoms with Crippen molar-refractivity contribution in [3.05, 3.63) is 0 Å². The molecule has 2 N–H and O–H groups in total. The Morgan fingerprint density at radius 3 is 2.25 bits per heavy atom. The van der Waals surface area contributed by atoms with Gasteiger partial charge in [-0.15, -0.1) is 0 Å². The number of ketones is 1. The molecule has 0 radical (unpaired) electrons. The highest BCUT2D eigenvalue weighted by Gasteiger charge is 2.28. The first-order chi connectivity index (χ1) is 7.52. The molecule has 0 spiro atoms. The second-order valence-corrected chi connectivity index (χ2v) is 4.79. The standard InChI is InChI=1S/C12H21NO3/c1-10(14)8-11(15)13-9-12(16)6-4-2-3-5-7-12/h16H,2-9H2,1H3,(H,13,15). The Bertz CT molecular complexity index is 255. The van der Waals surface area contributed by atoms with Crippen LogP contribution in [-0.4, -0.2) is 28.9 Å². The Morgan fingerprint density at radius 2 is 1.75 bits per heavy atom. The van der Waals surface area contributed by atoms with Crippen molar-refractivity contribution in [1.29, 1.82) is 0 Å². The van der Waals surface area contributed by atoms with E-state index in [4.69, 9.17) is 0 Å². The van der Waals surface area contributed by atoms with Crippen molar-refractivity contribution in [2.75, 3.05) is 6.54 Å². The van der Waals surface area contributed by atoms with E-state index in [0.717, 1.165) is 38.5 Å². The second kappa shape index (κ2) is 5.99. The first-order valence-corrected chi connectivity index (χ1v) is 6.00. The number of carbonyl (C=O) groups is 2. The molecule has 0 bridgehead atoms. The smallest absolute Gasteiger partial charge is 0.227 e. The van der Waals surface area contributed by atoms with Crippen molar-refractivity contribution < 1.29 is 14.7 Å². The molecule has 1 saturated carbocycles. The lowest BCUT2D eigenvalue weighted by Gasteiger charge is -2.26. The van der Waals surface area contributed by atoms with E-state index >= 15 is 0 Å². The van der Waals surface area contributed by atoms with Crippen LogP contribution in [0.15, 0.2) is 0 Å². The van der Waals surface area contributed by atoms with Crippen LogP contribution >= 0.6 is 0 Å². The quantitative estimate of drug-likeness (QED) is 0.559. The van der Waals surface area contributed by atoms with Gasteiger partial charge < -0.3 is 10.4 Å². The highest BCUT2D eigenvalue weighted by atomic mass is 16.3. The third-order valence-corrected chi connectivity index (χ3v) is 3.06. The van der Waals surface area contributed by atoms with Crippen LogP contribution in [0, 0.1) is 0 Å². The number of carbonyl (C=O) groups excluding carboxylic acids is 2. The van der Waals surface area contributed by atoms with Crippen LogP contribution in [0.25, 0.3) is 0 Å². The highest BCUT2D eigenvalue weighted by molar-refractivity contribution is 5.96. The molecule has 0 aromatic carbocycles. The van der Waals surface area contributed by atoms with Crippen LogP contribution in [0.3, 0.4) is 0 Å². The molecule has 16 heavy (non-hydrogen) atoms. The normalized spacial score (nSPS) is 19.9. The maximum Gasteiger partial charge on any atom is 0.227 e. The van der Waals surface area contributed by atoms with E-state index in [-0.39, 0.29) is 24.7 Å². The van der Waals surface area contributed by atoms with Crippen LogP contribution < -0.4 is 5.32 Å². The molecule has 4 nitrogen and oxygen atoms in total. The van der Waals surface area contributed by atoms with Crippen molar-refractivity contribution in [1.82, 2.24) is 5.32 Å². The number of hydrogen-bond acceptors (Lipinski definition) is 3. The molecule has 1 aliphatic carbocycles. The molecule has 0 atom stereocenters. The number of nitrogens with one attached hydrogen (secondary N) is 1. The average Bonchev–Trinajstić information content (AvgIpc) is 2.40. The topological polar surface area (TPSA) is 66.4 Å². The van der Waals surface area contributed by atoms with Gasteiger partial charge in [-0.25, -0.2) is 0 Å². The van der Waals surface area contributed by atoms with E-state index in [0.29, 0.717) is 0 Å². The molecule has 0 aromatic heterocycles. The van der Waals surface area contributed by atoms with Crippen LogP contribution in [-0.2, 0) is 9.59 Å². The van der Waals surface area contributed by atoms with Gasteiger partial charge >= 0.3 is 0 Å². The summed E-state index contributed by atoms with van der Waals surface area (Å²) in [5.41, 5.74) is -0.761. The molecule has 0 aliphatic heterocycles. The Labute approximate surface area is 96.4 Å². The fourth-order valence-corrected chi connectivity index (χ4v) is 2.12. The van der Waals surface area contributed by atoms with E-state index in [2.05, 4.69) is 5.32 Å². The number of hydrogen-bond donors (Lipinski definition) is 2. The summed E-state index contributed by atoms with van der Waals surface area (Å²) in [4.78, 5) is 22.0. The maximum atomic E-state index is 11.3. The first kappa shape index (κ1) is 13.2. The van der Waals surface area contributed by atoms with Gasteiger partial charge in [-0.1, -0.05) is 25.7 Å². The van der Waals surface area contributed by atoms with Gasteiger partial charge in [-0.2, -0.15) is 0 Å². The Kier molecular flexibility index (Phi) is 4.93. The number of rotatable bonds is 4. The lowest BCUT2D eigenvalue weighted by molar-refractivity contribution is -0.128. The zero-order chi connectivity index (χ0) is 12.0. The van der Waals surface area contributed by atoms with E-state index in [1.807, 2.05) is 0 Å². The molecule has 1 fully saturated rings. The number of aliphatic hydroxyl groups is 1. The molecule has 0 aromatic rings. The molecular formula is C12H21NO3. The van der Waals surface area contributed by atoms with Gasteiger partial charge in [0.15, 0.2) is 0 Å². The van der Waals surface area contributed by atoms with Crippen molar-refractivity contribution in [3.63, 3.8) is 0 Å². The van der Waals surface area contributed by atoms with Gasteiger partial charge in [0.25, 0.3) is 0 Å². The third kappa shape index (κ3) is 4.75. The summed E-state index contributed by atoms with van der Waals surface area (Å²) in [6.45, 7) is 1.67. The molecule has 0 unspecified atom stereocenters. The predicted molar refractivity (Wildman–Crippen MR) is 61.0 cm³/mol. The molecular weight excluding hydrogens is 206 g/mol. The summed E-state index contributed by atoms with van der Waals surface area (Å²) in [5, 5.41) is 12.9. The minimum absolute atomic E-state index is 0.0872. The molecule has 4 heteroatoms. The molecule has 1 amide bonds. The summed E-state index contributed by atoms with van der Waals surface area (Å²) in [6.07, 6.45) is 5.74. The van der Waals surface area contributed by atoms with Gasteiger partial charge in [-0.3, -0.25) is 9.59 Å². The van der Waals surface area contributed by atoms with Crippen molar-refractivity contribution in [2.45, 2.75) is 57.5 Å². The lowest BCUT2D eigenvalue weighted by Crippen LogP contribution is -2.42. The summed E-state index contributed by atoms with van der Waals surface area (Å²) in [7, 11) is 0. The van der Waals surface area contributed by atoms with Gasteiger partial charge in [0, 0.05) is 6.54 Å². The third-order valence-electron chi connectivity index (χ3n) is 3.06. The van der Waals surface area contributed by atoms with E-state index in [1.54, 1.807) is 0 Å². The molecule has 0 saturated heterocycles. The van der Waals surface area contributed by atoms with Crippen molar-refractivity contribution >= 4 is 11.7 Å². The van der Waals surface area contributed by atoms with Crippen LogP contribution in [0.2, 0.25) is 0 Å². The Morgan fingerprint density at radius 1 is 1.19 bits per heavy atom. The van der Waals surface area contributed by atoms with E-state index in [1.165, 1.54) is 6.92 Å². The zero-order valence-electron chi connectivity index (χ0n) is 9.92. The van der Waals surface area contributed by atoms with Crippen molar-refractivity contribution in [3.8, 4) is 0 Å². The largest absolute Gasteiger partial charge is 0.388 e. The number of Topliss-reactive ketones (excluding diaryl/α,β-unsaturated/α-hetero) is 1. The minimum atomic E-state index is -0.761. The molecule has 1 rings (SSSR count). The Balaban J connectivity index is 2.34. The lowest BCUT2D eigenvalue weighted by atomic mass is 9.94. The van der Waals surface area contributed by atoms with Crippen LogP contribution in [0.5, 0.6) is 0 Å². The second-order valence-electron chi connectivity index (χ2n) is 4.79. The summed E-state index contributed by atoms with van der Waals surface area (Å²) in [6, 6.07) is 0. The molecule has 1 aliphatic rings. The van der Waals surface area contributed by atoms with E-state index < -0.39 is 5.60 Å². The Hall–Kier alpha value is -0.900. The highest BCUT2D eigenvalue weighted by Crippen LogP contribution is 2.26. The van der Waals surface area contributed by atoms with E-state index in [9.17, 15) is 14.7 Å². The molecule has 92 valence electrons. The van der Waals surface area contributed by atoms with Gasteiger partial charge in [0.2, 0.25) is 5.91 Å². The SMILES string of the molecule is CC(=O)CC(=O)NCC1(O)CCCCCC1. The van der Waals surface area contributed by atoms with Crippen LogP contribution in [0.1, 0.15) is 51.9 Å². The van der Waals surface area contributed by atoms with Crippen LogP contribution in [0.4, 0.5) is 0 Å². The fraction of sp³-hybridized carbons (Fsp3) is 0.833. The minimum Gasteiger partial charge on any atom is -0.388 e. The summed E-state index contributed by atoms with van der Waals surface area (Å²) < 4.78 is 0. The monoisotopic (exact) mass is 227 g/mol. The number of amides is 1. The first-order valence-electron chi connectivity index (χ1n) is 6.00. The van der Waals surface area contributed by atoms with Gasteiger partial charge in [-0.05, 0) is 19.8 Å². The summed E-state index contributed by atoms with van der Waals surface area (Å²) >= 11 is 0. The predicted octanol–water partition coefficient (Wildman–Crippen LogP) is 1.17. The fourth-order valence-electron chi connectivity index (χ4n) is 2.12. The average molecular weight is 227 g/mol. The molecule has 0 heterocycles. The van der Waals surface area contributed by atoms with Gasteiger partial charge in [0.05, 0.1) is 12.0 Å². The summed E-state index contributed by atoms with van der Waals surface area (Å²) in [5.74, 6) is -0.435. The zero-order valence-corrected chi connectivity index (χ0v) is 9.92.